The molecule has 0 fully saturated rings. The minimum Gasteiger partial charge on any atom is -0.481 e. The molecular weight excluding hydrogens is 227 g/mol. The van der Waals surface area contributed by atoms with E-state index >= 15 is 0 Å². The molecule has 0 saturated heterocycles. The molecule has 88 valence electrons. The predicted molar refractivity (Wildman–Crippen MR) is 55.2 cm³/mol. The topological polar surface area (TPSA) is 80.9 Å². The number of hydrogen-bond acceptors (Lipinski definition) is 4. The van der Waals surface area contributed by atoms with Crippen molar-refractivity contribution >= 4 is 5.97 Å². The molecule has 7 heteroatoms. The quantitative estimate of drug-likeness (QED) is 0.859. The predicted octanol–water partition coefficient (Wildman–Crippen LogP) is 0.989. The third-order valence-corrected chi connectivity index (χ3v) is 2.30. The fourth-order valence-corrected chi connectivity index (χ4v) is 1.37. The molecule has 1 aromatic heterocycles. The molecule has 2 aromatic rings. The van der Waals surface area contributed by atoms with Gasteiger partial charge in [0, 0.05) is 0 Å². The Morgan fingerprint density at radius 1 is 1.53 bits per heavy atom. The number of carbonyl (C=O) groups is 1. The maximum Gasteiger partial charge on any atom is 0.314 e. The van der Waals surface area contributed by atoms with E-state index in [0.717, 1.165) is 0 Å². The van der Waals surface area contributed by atoms with Gasteiger partial charge in [0.15, 0.2) is 5.82 Å². The van der Waals surface area contributed by atoms with Crippen molar-refractivity contribution in [1.82, 2.24) is 20.2 Å². The Balaban J connectivity index is 2.47. The highest BCUT2D eigenvalue weighted by Gasteiger charge is 2.21. The van der Waals surface area contributed by atoms with E-state index in [-0.39, 0.29) is 5.82 Å². The first kappa shape index (κ1) is 11.2. The van der Waals surface area contributed by atoms with E-state index in [9.17, 15) is 9.18 Å². The van der Waals surface area contributed by atoms with Crippen molar-refractivity contribution < 1.29 is 14.3 Å². The molecule has 0 aliphatic rings. The monoisotopic (exact) mass is 236 g/mol. The molecule has 2 rings (SSSR count). The summed E-state index contributed by atoms with van der Waals surface area (Å²) in [4.78, 5) is 10.9. The summed E-state index contributed by atoms with van der Waals surface area (Å²) in [6, 6.07) is 5.61. The van der Waals surface area contributed by atoms with Crippen LogP contribution in [0.3, 0.4) is 0 Å². The third-order valence-electron chi connectivity index (χ3n) is 2.30. The van der Waals surface area contributed by atoms with Gasteiger partial charge >= 0.3 is 5.97 Å². The van der Waals surface area contributed by atoms with Gasteiger partial charge < -0.3 is 5.11 Å². The minimum atomic E-state index is -1.04. The van der Waals surface area contributed by atoms with Crippen molar-refractivity contribution in [3.63, 3.8) is 0 Å². The van der Waals surface area contributed by atoms with Gasteiger partial charge in [-0.2, -0.15) is 4.68 Å². The number of aliphatic carboxylic acids is 1. The number of nitrogens with zero attached hydrogens (tertiary/aromatic N) is 4. The number of rotatable bonds is 3. The number of carboxylic acids is 1. The van der Waals surface area contributed by atoms with Crippen LogP contribution in [-0.4, -0.2) is 31.3 Å². The summed E-state index contributed by atoms with van der Waals surface area (Å²) in [5, 5.41) is 19.6. The van der Waals surface area contributed by atoms with E-state index in [4.69, 9.17) is 5.11 Å². The van der Waals surface area contributed by atoms with Crippen LogP contribution >= 0.6 is 0 Å². The van der Waals surface area contributed by atoms with Crippen molar-refractivity contribution in [2.24, 2.45) is 0 Å². The first-order valence-electron chi connectivity index (χ1n) is 4.86. The van der Waals surface area contributed by atoms with Crippen molar-refractivity contribution in [2.45, 2.75) is 12.8 Å². The zero-order chi connectivity index (χ0) is 12.4. The number of tetrazole rings is 1. The van der Waals surface area contributed by atoms with E-state index in [2.05, 4.69) is 15.5 Å². The molecule has 1 heterocycles. The molecule has 0 aliphatic carbocycles. The molecule has 0 bridgehead atoms. The molecule has 0 amide bonds. The molecule has 17 heavy (non-hydrogen) atoms. The summed E-state index contributed by atoms with van der Waals surface area (Å²) in [6.45, 7) is 1.46. The SMILES string of the molecule is CC(C(=O)O)c1nnnn1-c1cccc(F)c1. The normalized spacial score (nSPS) is 12.4. The van der Waals surface area contributed by atoms with Crippen LogP contribution in [0.4, 0.5) is 4.39 Å². The van der Waals surface area contributed by atoms with E-state index in [1.807, 2.05) is 0 Å². The molecule has 0 spiro atoms. The van der Waals surface area contributed by atoms with Gasteiger partial charge in [0.05, 0.1) is 5.69 Å². The van der Waals surface area contributed by atoms with Gasteiger partial charge in [-0.15, -0.1) is 5.10 Å². The second-order valence-corrected chi connectivity index (χ2v) is 3.49. The molecule has 1 atom stereocenters. The Morgan fingerprint density at radius 3 is 2.94 bits per heavy atom. The fraction of sp³-hybridized carbons (Fsp3) is 0.200. The zero-order valence-electron chi connectivity index (χ0n) is 8.91. The Bertz CT molecular complexity index is 555. The van der Waals surface area contributed by atoms with Crippen LogP contribution in [0, 0.1) is 5.82 Å². The van der Waals surface area contributed by atoms with Crippen LogP contribution in [0.1, 0.15) is 18.7 Å². The summed E-state index contributed by atoms with van der Waals surface area (Å²) in [5.74, 6) is -2.19. The number of benzene rings is 1. The third kappa shape index (κ3) is 2.12. The number of carboxylic acid groups (broad SMARTS) is 1. The highest BCUT2D eigenvalue weighted by molar-refractivity contribution is 5.74. The average molecular weight is 236 g/mol. The molecule has 1 aromatic carbocycles. The lowest BCUT2D eigenvalue weighted by atomic mass is 10.1. The highest BCUT2D eigenvalue weighted by atomic mass is 19.1. The van der Waals surface area contributed by atoms with Gasteiger partial charge in [0.25, 0.3) is 0 Å². The lowest BCUT2D eigenvalue weighted by Crippen LogP contribution is -2.14. The minimum absolute atomic E-state index is 0.156. The molecule has 0 aliphatic heterocycles. The van der Waals surface area contributed by atoms with Gasteiger partial charge in [0.2, 0.25) is 0 Å². The second kappa shape index (κ2) is 4.28. The van der Waals surface area contributed by atoms with Crippen molar-refractivity contribution in [2.75, 3.05) is 0 Å². The van der Waals surface area contributed by atoms with Gasteiger partial charge in [0.1, 0.15) is 11.7 Å². The summed E-state index contributed by atoms with van der Waals surface area (Å²) in [5.41, 5.74) is 0.387. The largest absolute Gasteiger partial charge is 0.481 e. The van der Waals surface area contributed by atoms with Gasteiger partial charge in [-0.05, 0) is 35.5 Å². The van der Waals surface area contributed by atoms with Crippen LogP contribution in [0.15, 0.2) is 24.3 Å². The fourth-order valence-electron chi connectivity index (χ4n) is 1.37. The summed E-state index contributed by atoms with van der Waals surface area (Å²) in [7, 11) is 0. The number of halogens is 1. The smallest absolute Gasteiger partial charge is 0.314 e. The van der Waals surface area contributed by atoms with Crippen LogP contribution < -0.4 is 0 Å². The summed E-state index contributed by atoms with van der Waals surface area (Å²) in [6.07, 6.45) is 0. The molecule has 0 saturated carbocycles. The van der Waals surface area contributed by atoms with Crippen molar-refractivity contribution in [3.8, 4) is 5.69 Å². The van der Waals surface area contributed by atoms with Crippen LogP contribution in [-0.2, 0) is 4.79 Å². The first-order chi connectivity index (χ1) is 8.09. The van der Waals surface area contributed by atoms with Crippen LogP contribution in [0.5, 0.6) is 0 Å². The Hall–Kier alpha value is -2.31. The zero-order valence-corrected chi connectivity index (χ0v) is 8.91. The van der Waals surface area contributed by atoms with E-state index in [1.54, 1.807) is 6.07 Å². The Morgan fingerprint density at radius 2 is 2.29 bits per heavy atom. The maximum absolute atomic E-state index is 13.1. The molecule has 0 radical (unpaired) electrons. The average Bonchev–Trinajstić information content (AvgIpc) is 2.76. The summed E-state index contributed by atoms with van der Waals surface area (Å²) >= 11 is 0. The lowest BCUT2D eigenvalue weighted by Gasteiger charge is -2.07. The van der Waals surface area contributed by atoms with Crippen LogP contribution in [0.25, 0.3) is 5.69 Å². The molecular formula is C10H9FN4O2. The first-order valence-corrected chi connectivity index (χ1v) is 4.86. The second-order valence-electron chi connectivity index (χ2n) is 3.49. The number of hydrogen-bond donors (Lipinski definition) is 1. The van der Waals surface area contributed by atoms with E-state index in [0.29, 0.717) is 5.69 Å². The Kier molecular flexibility index (Phi) is 2.82. The highest BCUT2D eigenvalue weighted by Crippen LogP contribution is 2.16. The van der Waals surface area contributed by atoms with Crippen LogP contribution in [0.2, 0.25) is 0 Å². The molecule has 1 unspecified atom stereocenters. The van der Waals surface area contributed by atoms with E-state index < -0.39 is 17.7 Å². The molecule has 1 N–H and O–H groups in total. The van der Waals surface area contributed by atoms with Gasteiger partial charge in [-0.1, -0.05) is 6.07 Å². The Labute approximate surface area is 95.7 Å². The van der Waals surface area contributed by atoms with Crippen molar-refractivity contribution in [1.29, 1.82) is 0 Å². The van der Waals surface area contributed by atoms with E-state index in [1.165, 1.54) is 29.8 Å². The molecule has 6 nitrogen and oxygen atoms in total. The number of aromatic nitrogens is 4. The maximum atomic E-state index is 13.1. The van der Waals surface area contributed by atoms with Gasteiger partial charge in [-0.3, -0.25) is 4.79 Å². The van der Waals surface area contributed by atoms with Gasteiger partial charge in [-0.25, -0.2) is 4.39 Å². The van der Waals surface area contributed by atoms with Crippen molar-refractivity contribution in [3.05, 3.63) is 35.9 Å². The lowest BCUT2D eigenvalue weighted by molar-refractivity contribution is -0.138. The standard InChI is InChI=1S/C10H9FN4O2/c1-6(10(16)17)9-12-13-14-15(9)8-4-2-3-7(11)5-8/h2-6H,1H3,(H,16,17). The summed E-state index contributed by atoms with van der Waals surface area (Å²) < 4.78 is 14.3.